The fourth-order valence-electron chi connectivity index (χ4n) is 2.79. The number of hydrogen-bond acceptors (Lipinski definition) is 5. The zero-order valence-corrected chi connectivity index (χ0v) is 17.5. The summed E-state index contributed by atoms with van der Waals surface area (Å²) in [7, 11) is 0. The number of benzene rings is 2. The second-order valence-electron chi connectivity index (χ2n) is 6.91. The number of esters is 1. The van der Waals surface area contributed by atoms with Crippen LogP contribution in [0.2, 0.25) is 0 Å². The molecule has 0 spiro atoms. The van der Waals surface area contributed by atoms with Crippen molar-refractivity contribution in [2.45, 2.75) is 39.3 Å². The smallest absolute Gasteiger partial charge is 0.308 e. The molecule has 0 heterocycles. The van der Waals surface area contributed by atoms with Gasteiger partial charge in [0.1, 0.15) is 5.75 Å². The van der Waals surface area contributed by atoms with E-state index in [1.54, 1.807) is 38.1 Å². The first-order chi connectivity index (χ1) is 14.4. The van der Waals surface area contributed by atoms with Crippen molar-refractivity contribution in [2.75, 3.05) is 13.2 Å². The standard InChI is InChI=1S/C23H28N2O5/c1-4-29-19-12-10-18(11-13-19)23(28)24-15-21(26)25-20(14-22(27)30-16(2)3)17-8-6-5-7-9-17/h5-13,16,20H,4,14-15H2,1-3H3,(H,24,28)(H,25,26). The van der Waals surface area contributed by atoms with Crippen LogP contribution in [-0.4, -0.2) is 37.0 Å². The lowest BCUT2D eigenvalue weighted by atomic mass is 10.0. The second kappa shape index (κ2) is 11.6. The Kier molecular flexibility index (Phi) is 8.87. The number of carbonyl (C=O) groups excluding carboxylic acids is 3. The van der Waals surface area contributed by atoms with Gasteiger partial charge in [-0.05, 0) is 50.6 Å². The highest BCUT2D eigenvalue weighted by Gasteiger charge is 2.20. The third-order valence-corrected chi connectivity index (χ3v) is 4.11. The van der Waals surface area contributed by atoms with Crippen molar-refractivity contribution >= 4 is 17.8 Å². The molecule has 2 N–H and O–H groups in total. The molecule has 2 amide bonds. The Balaban J connectivity index is 1.94. The van der Waals surface area contributed by atoms with Crippen LogP contribution in [-0.2, 0) is 14.3 Å². The summed E-state index contributed by atoms with van der Waals surface area (Å²) in [5, 5.41) is 5.38. The van der Waals surface area contributed by atoms with E-state index in [0.29, 0.717) is 17.9 Å². The van der Waals surface area contributed by atoms with Gasteiger partial charge in [-0.15, -0.1) is 0 Å². The van der Waals surface area contributed by atoms with Crippen LogP contribution in [0, 0.1) is 0 Å². The summed E-state index contributed by atoms with van der Waals surface area (Å²) in [4.78, 5) is 36.8. The summed E-state index contributed by atoms with van der Waals surface area (Å²) in [6, 6.07) is 15.3. The van der Waals surface area contributed by atoms with Crippen LogP contribution in [0.25, 0.3) is 0 Å². The highest BCUT2D eigenvalue weighted by molar-refractivity contribution is 5.96. The number of hydrogen-bond donors (Lipinski definition) is 2. The molecule has 1 atom stereocenters. The number of amides is 2. The second-order valence-corrected chi connectivity index (χ2v) is 6.91. The van der Waals surface area contributed by atoms with Crippen LogP contribution in [0.4, 0.5) is 0 Å². The SMILES string of the molecule is CCOc1ccc(C(=O)NCC(=O)NC(CC(=O)OC(C)C)c2ccccc2)cc1. The van der Waals surface area contributed by atoms with E-state index < -0.39 is 17.9 Å². The summed E-state index contributed by atoms with van der Waals surface area (Å²) in [5.41, 5.74) is 1.20. The van der Waals surface area contributed by atoms with E-state index in [2.05, 4.69) is 10.6 Å². The van der Waals surface area contributed by atoms with Crippen LogP contribution in [0.15, 0.2) is 54.6 Å². The van der Waals surface area contributed by atoms with Gasteiger partial charge in [0, 0.05) is 5.56 Å². The topological polar surface area (TPSA) is 93.7 Å². The molecule has 1 unspecified atom stereocenters. The summed E-state index contributed by atoms with van der Waals surface area (Å²) in [6.45, 7) is 5.74. The lowest BCUT2D eigenvalue weighted by Gasteiger charge is -2.19. The zero-order chi connectivity index (χ0) is 21.9. The molecule has 0 fully saturated rings. The normalized spacial score (nSPS) is 11.5. The summed E-state index contributed by atoms with van der Waals surface area (Å²) in [6.07, 6.45) is -0.237. The van der Waals surface area contributed by atoms with Crippen molar-refractivity contribution in [3.8, 4) is 5.75 Å². The number of rotatable bonds is 10. The van der Waals surface area contributed by atoms with Gasteiger partial charge >= 0.3 is 5.97 Å². The molecule has 0 aliphatic heterocycles. The number of ether oxygens (including phenoxy) is 2. The Morgan fingerprint density at radius 3 is 2.23 bits per heavy atom. The monoisotopic (exact) mass is 412 g/mol. The molecule has 7 heteroatoms. The molecule has 30 heavy (non-hydrogen) atoms. The van der Waals surface area contributed by atoms with E-state index in [-0.39, 0.29) is 25.0 Å². The average molecular weight is 412 g/mol. The molecule has 0 aromatic heterocycles. The molecule has 0 bridgehead atoms. The number of nitrogens with one attached hydrogen (secondary N) is 2. The fourth-order valence-corrected chi connectivity index (χ4v) is 2.79. The van der Waals surface area contributed by atoms with Crippen molar-refractivity contribution in [1.82, 2.24) is 10.6 Å². The van der Waals surface area contributed by atoms with Gasteiger partial charge in [-0.2, -0.15) is 0 Å². The van der Waals surface area contributed by atoms with Crippen molar-refractivity contribution in [1.29, 1.82) is 0 Å². The van der Waals surface area contributed by atoms with Crippen LogP contribution in [0.5, 0.6) is 5.75 Å². The van der Waals surface area contributed by atoms with Crippen LogP contribution in [0.3, 0.4) is 0 Å². The maximum absolute atomic E-state index is 12.4. The van der Waals surface area contributed by atoms with Gasteiger partial charge < -0.3 is 20.1 Å². The van der Waals surface area contributed by atoms with Gasteiger partial charge in [0.05, 0.1) is 31.7 Å². The van der Waals surface area contributed by atoms with Gasteiger partial charge in [0.15, 0.2) is 0 Å². The van der Waals surface area contributed by atoms with Gasteiger partial charge in [-0.3, -0.25) is 14.4 Å². The van der Waals surface area contributed by atoms with Crippen LogP contribution >= 0.6 is 0 Å². The summed E-state index contributed by atoms with van der Waals surface area (Å²) < 4.78 is 10.5. The summed E-state index contributed by atoms with van der Waals surface area (Å²) >= 11 is 0. The maximum atomic E-state index is 12.4. The predicted molar refractivity (Wildman–Crippen MR) is 113 cm³/mol. The maximum Gasteiger partial charge on any atom is 0.308 e. The zero-order valence-electron chi connectivity index (χ0n) is 17.5. The molecular weight excluding hydrogens is 384 g/mol. The molecule has 0 radical (unpaired) electrons. The Bertz CT molecular complexity index is 834. The van der Waals surface area contributed by atoms with Gasteiger partial charge in [-0.1, -0.05) is 30.3 Å². The first-order valence-corrected chi connectivity index (χ1v) is 9.94. The highest BCUT2D eigenvalue weighted by atomic mass is 16.5. The average Bonchev–Trinajstić information content (AvgIpc) is 2.72. The van der Waals surface area contributed by atoms with Gasteiger partial charge in [0.2, 0.25) is 5.91 Å². The van der Waals surface area contributed by atoms with Crippen LogP contribution in [0.1, 0.15) is 49.2 Å². The van der Waals surface area contributed by atoms with E-state index in [1.165, 1.54) is 0 Å². The van der Waals surface area contributed by atoms with Gasteiger partial charge in [0.25, 0.3) is 5.91 Å². The molecule has 0 aliphatic rings. The van der Waals surface area contributed by atoms with E-state index in [1.807, 2.05) is 37.3 Å². The minimum absolute atomic E-state index is 0.000764. The molecule has 160 valence electrons. The Labute approximate surface area is 176 Å². The first-order valence-electron chi connectivity index (χ1n) is 9.94. The highest BCUT2D eigenvalue weighted by Crippen LogP contribution is 2.17. The molecule has 2 aromatic carbocycles. The fraction of sp³-hybridized carbons (Fsp3) is 0.348. The minimum Gasteiger partial charge on any atom is -0.494 e. The lowest BCUT2D eigenvalue weighted by molar-refractivity contribution is -0.148. The van der Waals surface area contributed by atoms with E-state index in [0.717, 1.165) is 5.56 Å². The molecule has 0 saturated heterocycles. The molecule has 0 aliphatic carbocycles. The van der Waals surface area contributed by atoms with Crippen molar-refractivity contribution in [3.05, 3.63) is 65.7 Å². The lowest BCUT2D eigenvalue weighted by Crippen LogP contribution is -2.39. The first kappa shape index (κ1) is 22.9. The quantitative estimate of drug-likeness (QED) is 0.585. The Morgan fingerprint density at radius 1 is 0.967 bits per heavy atom. The Hall–Kier alpha value is -3.35. The van der Waals surface area contributed by atoms with Gasteiger partial charge in [-0.25, -0.2) is 0 Å². The minimum atomic E-state index is -0.549. The summed E-state index contributed by atoms with van der Waals surface area (Å²) in [5.74, 6) is -0.507. The van der Waals surface area contributed by atoms with E-state index >= 15 is 0 Å². The van der Waals surface area contributed by atoms with E-state index in [9.17, 15) is 14.4 Å². The number of carbonyl (C=O) groups is 3. The molecule has 2 aromatic rings. The van der Waals surface area contributed by atoms with Crippen LogP contribution < -0.4 is 15.4 Å². The molecule has 7 nitrogen and oxygen atoms in total. The molecular formula is C23H28N2O5. The Morgan fingerprint density at radius 2 is 1.63 bits per heavy atom. The predicted octanol–water partition coefficient (Wildman–Crippen LogP) is 3.01. The largest absolute Gasteiger partial charge is 0.494 e. The molecule has 0 saturated carbocycles. The molecule has 2 rings (SSSR count). The third kappa shape index (κ3) is 7.58. The van der Waals surface area contributed by atoms with Crippen molar-refractivity contribution < 1.29 is 23.9 Å². The van der Waals surface area contributed by atoms with Crippen molar-refractivity contribution in [2.24, 2.45) is 0 Å². The van der Waals surface area contributed by atoms with E-state index in [4.69, 9.17) is 9.47 Å². The third-order valence-electron chi connectivity index (χ3n) is 4.11. The van der Waals surface area contributed by atoms with Crippen molar-refractivity contribution in [3.63, 3.8) is 0 Å².